The van der Waals surface area contributed by atoms with Gasteiger partial charge in [-0.2, -0.15) is 11.8 Å². The summed E-state index contributed by atoms with van der Waals surface area (Å²) < 4.78 is 6.80. The molecule has 0 aliphatic carbocycles. The Hall–Kier alpha value is -1.49. The molecule has 20 heavy (non-hydrogen) atoms. The highest BCUT2D eigenvalue weighted by Gasteiger charge is 2.19. The Labute approximate surface area is 122 Å². The summed E-state index contributed by atoms with van der Waals surface area (Å²) in [5.41, 5.74) is 1.50. The standard InChI is InChI=1S/C15H18N2O2S/c1-19-15(18)13-7-4-5-11-10-16-14(17(11)13)9-12-6-2-3-8-20-12/h4-5,7,10,12H,2-3,6,8-9H2,1H3. The third-order valence-electron chi connectivity index (χ3n) is 3.70. The number of fused-ring (bicyclic) bond motifs is 1. The van der Waals surface area contributed by atoms with E-state index in [1.165, 1.54) is 32.1 Å². The highest BCUT2D eigenvalue weighted by molar-refractivity contribution is 7.99. The second-order valence-electron chi connectivity index (χ2n) is 5.03. The Morgan fingerprint density at radius 1 is 1.50 bits per heavy atom. The molecule has 0 saturated carbocycles. The van der Waals surface area contributed by atoms with Crippen LogP contribution in [0.2, 0.25) is 0 Å². The molecule has 0 amide bonds. The van der Waals surface area contributed by atoms with Crippen LogP contribution >= 0.6 is 11.8 Å². The van der Waals surface area contributed by atoms with Crippen molar-refractivity contribution in [2.75, 3.05) is 12.9 Å². The van der Waals surface area contributed by atoms with Crippen LogP contribution in [0.15, 0.2) is 24.4 Å². The minimum absolute atomic E-state index is 0.314. The van der Waals surface area contributed by atoms with Gasteiger partial charge in [-0.3, -0.25) is 4.40 Å². The molecular weight excluding hydrogens is 272 g/mol. The van der Waals surface area contributed by atoms with Gasteiger partial charge in [-0.25, -0.2) is 9.78 Å². The van der Waals surface area contributed by atoms with E-state index >= 15 is 0 Å². The van der Waals surface area contributed by atoms with E-state index in [4.69, 9.17) is 4.74 Å². The Morgan fingerprint density at radius 2 is 2.40 bits per heavy atom. The second kappa shape index (κ2) is 5.87. The number of pyridine rings is 1. The van der Waals surface area contributed by atoms with Gasteiger partial charge in [0.2, 0.25) is 0 Å². The molecule has 2 aromatic rings. The van der Waals surface area contributed by atoms with Crippen molar-refractivity contribution in [3.63, 3.8) is 0 Å². The van der Waals surface area contributed by atoms with Crippen molar-refractivity contribution in [1.29, 1.82) is 0 Å². The maximum atomic E-state index is 11.9. The maximum Gasteiger partial charge on any atom is 0.355 e. The monoisotopic (exact) mass is 290 g/mol. The van der Waals surface area contributed by atoms with Crippen molar-refractivity contribution in [3.8, 4) is 0 Å². The first-order valence-electron chi connectivity index (χ1n) is 6.95. The van der Waals surface area contributed by atoms with Crippen molar-refractivity contribution < 1.29 is 9.53 Å². The van der Waals surface area contributed by atoms with E-state index in [1.54, 1.807) is 6.07 Å². The van der Waals surface area contributed by atoms with E-state index in [0.717, 1.165) is 17.8 Å². The summed E-state index contributed by atoms with van der Waals surface area (Å²) in [5, 5.41) is 0.611. The molecule has 1 aliphatic rings. The van der Waals surface area contributed by atoms with Crippen LogP contribution in [0.1, 0.15) is 35.6 Å². The van der Waals surface area contributed by atoms with Crippen LogP contribution in [-0.4, -0.2) is 33.5 Å². The molecule has 1 atom stereocenters. The molecule has 3 rings (SSSR count). The van der Waals surface area contributed by atoms with Gasteiger partial charge in [0.25, 0.3) is 0 Å². The number of methoxy groups -OCH3 is 1. The van der Waals surface area contributed by atoms with E-state index in [2.05, 4.69) is 4.98 Å². The van der Waals surface area contributed by atoms with Gasteiger partial charge in [-0.1, -0.05) is 12.5 Å². The average molecular weight is 290 g/mol. The molecule has 106 valence electrons. The van der Waals surface area contributed by atoms with E-state index in [9.17, 15) is 4.79 Å². The number of rotatable bonds is 3. The number of carbonyl (C=O) groups is 1. The molecule has 1 unspecified atom stereocenters. The first kappa shape index (κ1) is 13.5. The van der Waals surface area contributed by atoms with Gasteiger partial charge in [0.1, 0.15) is 11.5 Å². The minimum Gasteiger partial charge on any atom is -0.464 e. The molecule has 0 N–H and O–H groups in total. The van der Waals surface area contributed by atoms with E-state index in [0.29, 0.717) is 10.9 Å². The van der Waals surface area contributed by atoms with Crippen LogP contribution in [0.5, 0.6) is 0 Å². The molecule has 0 spiro atoms. The fourth-order valence-corrected chi connectivity index (χ4v) is 4.00. The number of hydrogen-bond acceptors (Lipinski definition) is 4. The summed E-state index contributed by atoms with van der Waals surface area (Å²) >= 11 is 2.02. The van der Waals surface area contributed by atoms with Gasteiger partial charge in [-0.15, -0.1) is 0 Å². The van der Waals surface area contributed by atoms with Crippen LogP contribution in [-0.2, 0) is 11.2 Å². The van der Waals surface area contributed by atoms with Gasteiger partial charge in [0.15, 0.2) is 0 Å². The van der Waals surface area contributed by atoms with Crippen LogP contribution < -0.4 is 0 Å². The largest absolute Gasteiger partial charge is 0.464 e. The summed E-state index contributed by atoms with van der Waals surface area (Å²) in [5.74, 6) is 1.88. The molecular formula is C15H18N2O2S. The molecule has 1 aliphatic heterocycles. The predicted molar refractivity (Wildman–Crippen MR) is 80.3 cm³/mol. The number of aromatic nitrogens is 2. The van der Waals surface area contributed by atoms with E-state index in [1.807, 2.05) is 34.5 Å². The van der Waals surface area contributed by atoms with Gasteiger partial charge in [-0.05, 0) is 30.7 Å². The molecule has 1 saturated heterocycles. The Kier molecular flexibility index (Phi) is 3.96. The zero-order valence-corrected chi connectivity index (χ0v) is 12.4. The fourth-order valence-electron chi connectivity index (χ4n) is 2.69. The Bertz CT molecular complexity index is 617. The summed E-state index contributed by atoms with van der Waals surface area (Å²) in [7, 11) is 1.41. The normalized spacial score (nSPS) is 19.1. The van der Waals surface area contributed by atoms with Crippen LogP contribution in [0, 0.1) is 0 Å². The third-order valence-corrected chi connectivity index (χ3v) is 5.10. The molecule has 0 bridgehead atoms. The van der Waals surface area contributed by atoms with Crippen molar-refractivity contribution in [1.82, 2.24) is 9.38 Å². The van der Waals surface area contributed by atoms with Gasteiger partial charge in [0, 0.05) is 11.7 Å². The number of hydrogen-bond donors (Lipinski definition) is 0. The maximum absolute atomic E-state index is 11.9. The molecule has 1 fully saturated rings. The fraction of sp³-hybridized carbons (Fsp3) is 0.467. The zero-order valence-electron chi connectivity index (χ0n) is 11.5. The molecule has 4 nitrogen and oxygen atoms in total. The predicted octanol–water partition coefficient (Wildman–Crippen LogP) is 2.95. The number of thioether (sulfide) groups is 1. The minimum atomic E-state index is -0.314. The van der Waals surface area contributed by atoms with Gasteiger partial charge < -0.3 is 4.74 Å². The van der Waals surface area contributed by atoms with Gasteiger partial charge >= 0.3 is 5.97 Å². The first-order valence-corrected chi connectivity index (χ1v) is 7.99. The summed E-state index contributed by atoms with van der Waals surface area (Å²) in [6.45, 7) is 0. The molecule has 0 radical (unpaired) electrons. The first-order chi connectivity index (χ1) is 9.79. The molecule has 2 aromatic heterocycles. The van der Waals surface area contributed by atoms with Crippen molar-refractivity contribution >= 4 is 23.2 Å². The number of nitrogens with zero attached hydrogens (tertiary/aromatic N) is 2. The van der Waals surface area contributed by atoms with E-state index < -0.39 is 0 Å². The highest BCUT2D eigenvalue weighted by atomic mass is 32.2. The number of imidazole rings is 1. The van der Waals surface area contributed by atoms with Gasteiger partial charge in [0.05, 0.1) is 18.8 Å². The summed E-state index contributed by atoms with van der Waals surface area (Å²) in [4.78, 5) is 16.4. The number of carbonyl (C=O) groups excluding carboxylic acids is 1. The molecule has 0 aromatic carbocycles. The number of ether oxygens (including phenoxy) is 1. The van der Waals surface area contributed by atoms with Crippen LogP contribution in [0.25, 0.3) is 5.52 Å². The molecule has 3 heterocycles. The topological polar surface area (TPSA) is 43.6 Å². The highest BCUT2D eigenvalue weighted by Crippen LogP contribution is 2.28. The third kappa shape index (κ3) is 2.54. The lowest BCUT2D eigenvalue weighted by molar-refractivity contribution is 0.0592. The Balaban J connectivity index is 1.96. The van der Waals surface area contributed by atoms with Crippen molar-refractivity contribution in [3.05, 3.63) is 35.9 Å². The smallest absolute Gasteiger partial charge is 0.355 e. The Morgan fingerprint density at radius 3 is 3.15 bits per heavy atom. The zero-order chi connectivity index (χ0) is 13.9. The lowest BCUT2D eigenvalue weighted by atomic mass is 10.1. The number of esters is 1. The quantitative estimate of drug-likeness (QED) is 0.815. The van der Waals surface area contributed by atoms with Crippen LogP contribution in [0.3, 0.4) is 0 Å². The van der Waals surface area contributed by atoms with Crippen molar-refractivity contribution in [2.45, 2.75) is 30.9 Å². The van der Waals surface area contributed by atoms with Crippen LogP contribution in [0.4, 0.5) is 0 Å². The average Bonchev–Trinajstić information content (AvgIpc) is 2.91. The SMILES string of the molecule is COC(=O)c1cccc2cnc(CC3CCCCS3)n12. The second-order valence-corrected chi connectivity index (χ2v) is 6.44. The summed E-state index contributed by atoms with van der Waals surface area (Å²) in [6.07, 6.45) is 6.59. The summed E-state index contributed by atoms with van der Waals surface area (Å²) in [6, 6.07) is 5.62. The lowest BCUT2D eigenvalue weighted by Crippen LogP contribution is -2.16. The van der Waals surface area contributed by atoms with E-state index in [-0.39, 0.29) is 5.97 Å². The lowest BCUT2D eigenvalue weighted by Gasteiger charge is -2.20. The molecule has 5 heteroatoms. The van der Waals surface area contributed by atoms with Crippen molar-refractivity contribution in [2.24, 2.45) is 0 Å².